The molecule has 0 amide bonds. The highest BCUT2D eigenvalue weighted by Crippen LogP contribution is 2.29. The number of rotatable bonds is 5. The van der Waals surface area contributed by atoms with E-state index < -0.39 is 5.97 Å². The van der Waals surface area contributed by atoms with Crippen LogP contribution in [0.2, 0.25) is 5.02 Å². The molecular formula is C21H16ClNO3. The summed E-state index contributed by atoms with van der Waals surface area (Å²) in [5, 5.41) is 0.475. The number of benzene rings is 2. The fraction of sp³-hybridized carbons (Fsp3) is 0.0476. The normalized spacial score (nSPS) is 10.7. The molecule has 5 heteroatoms. The minimum Gasteiger partial charge on any atom is -0.493 e. The van der Waals surface area contributed by atoms with Crippen molar-refractivity contribution in [1.82, 2.24) is 4.98 Å². The van der Waals surface area contributed by atoms with Gasteiger partial charge in [0.15, 0.2) is 11.5 Å². The number of halogens is 1. The standard InChI is InChI=1S/C21H16ClNO3/c1-25-20-13-16(6-5-15-9-11-23-12-10-15)7-8-19(20)26-21(24)17-3-2-4-18(22)14-17/h2-14H,1H3/b6-5+. The van der Waals surface area contributed by atoms with Crippen LogP contribution >= 0.6 is 11.6 Å². The molecule has 4 nitrogen and oxygen atoms in total. The average Bonchev–Trinajstić information content (AvgIpc) is 2.68. The van der Waals surface area contributed by atoms with Gasteiger partial charge in [0.25, 0.3) is 0 Å². The molecule has 0 unspecified atom stereocenters. The van der Waals surface area contributed by atoms with E-state index in [1.165, 1.54) is 7.11 Å². The summed E-state index contributed by atoms with van der Waals surface area (Å²) in [4.78, 5) is 16.3. The molecular weight excluding hydrogens is 350 g/mol. The highest BCUT2D eigenvalue weighted by Gasteiger charge is 2.13. The molecule has 2 aromatic carbocycles. The van der Waals surface area contributed by atoms with E-state index in [2.05, 4.69) is 4.98 Å². The second-order valence-corrected chi connectivity index (χ2v) is 5.86. The van der Waals surface area contributed by atoms with Crippen LogP contribution < -0.4 is 9.47 Å². The maximum atomic E-state index is 12.3. The van der Waals surface area contributed by atoms with Gasteiger partial charge in [-0.3, -0.25) is 4.98 Å². The van der Waals surface area contributed by atoms with Gasteiger partial charge < -0.3 is 9.47 Å². The fourth-order valence-electron chi connectivity index (χ4n) is 2.31. The summed E-state index contributed by atoms with van der Waals surface area (Å²) in [6.45, 7) is 0. The smallest absolute Gasteiger partial charge is 0.343 e. The quantitative estimate of drug-likeness (QED) is 0.464. The molecule has 0 aliphatic rings. The lowest BCUT2D eigenvalue weighted by Crippen LogP contribution is -2.09. The number of hydrogen-bond donors (Lipinski definition) is 0. The van der Waals surface area contributed by atoms with E-state index in [-0.39, 0.29) is 0 Å². The second kappa shape index (κ2) is 8.32. The van der Waals surface area contributed by atoms with Gasteiger partial charge in [-0.05, 0) is 53.6 Å². The Hall–Kier alpha value is -3.11. The van der Waals surface area contributed by atoms with E-state index in [9.17, 15) is 4.79 Å². The number of pyridine rings is 1. The van der Waals surface area contributed by atoms with Crippen LogP contribution in [0.3, 0.4) is 0 Å². The van der Waals surface area contributed by atoms with Gasteiger partial charge in [0.1, 0.15) is 0 Å². The van der Waals surface area contributed by atoms with Gasteiger partial charge in [0.2, 0.25) is 0 Å². The zero-order chi connectivity index (χ0) is 18.4. The Balaban J connectivity index is 1.78. The van der Waals surface area contributed by atoms with Crippen LogP contribution in [0.15, 0.2) is 67.0 Å². The number of carbonyl (C=O) groups is 1. The van der Waals surface area contributed by atoms with Crippen molar-refractivity contribution in [2.45, 2.75) is 0 Å². The monoisotopic (exact) mass is 365 g/mol. The van der Waals surface area contributed by atoms with E-state index in [4.69, 9.17) is 21.1 Å². The maximum Gasteiger partial charge on any atom is 0.343 e. The van der Waals surface area contributed by atoms with Gasteiger partial charge in [0, 0.05) is 17.4 Å². The lowest BCUT2D eigenvalue weighted by Gasteiger charge is -2.10. The number of ether oxygens (including phenoxy) is 2. The maximum absolute atomic E-state index is 12.3. The SMILES string of the molecule is COc1cc(/C=C/c2ccncc2)ccc1OC(=O)c1cccc(Cl)c1. The van der Waals surface area contributed by atoms with Gasteiger partial charge in [-0.25, -0.2) is 4.79 Å². The summed E-state index contributed by atoms with van der Waals surface area (Å²) in [6, 6.07) is 15.8. The summed E-state index contributed by atoms with van der Waals surface area (Å²) in [6.07, 6.45) is 7.38. The number of esters is 1. The van der Waals surface area contributed by atoms with Crippen LogP contribution in [-0.2, 0) is 0 Å². The van der Waals surface area contributed by atoms with Crippen LogP contribution in [0, 0.1) is 0 Å². The fourth-order valence-corrected chi connectivity index (χ4v) is 2.50. The van der Waals surface area contributed by atoms with Crippen LogP contribution in [0.1, 0.15) is 21.5 Å². The first-order valence-electron chi connectivity index (χ1n) is 7.89. The van der Waals surface area contributed by atoms with Crippen molar-refractivity contribution in [3.8, 4) is 11.5 Å². The summed E-state index contributed by atoms with van der Waals surface area (Å²) >= 11 is 5.91. The molecule has 0 spiro atoms. The van der Waals surface area contributed by atoms with E-state index in [0.717, 1.165) is 11.1 Å². The third kappa shape index (κ3) is 4.49. The number of nitrogens with zero attached hydrogens (tertiary/aromatic N) is 1. The molecule has 0 saturated carbocycles. The van der Waals surface area contributed by atoms with Crippen LogP contribution in [-0.4, -0.2) is 18.1 Å². The first-order chi connectivity index (χ1) is 12.7. The molecule has 1 heterocycles. The van der Waals surface area contributed by atoms with Crippen LogP contribution in [0.5, 0.6) is 11.5 Å². The van der Waals surface area contributed by atoms with Crippen molar-refractivity contribution in [1.29, 1.82) is 0 Å². The van der Waals surface area contributed by atoms with Gasteiger partial charge in [0.05, 0.1) is 12.7 Å². The molecule has 0 N–H and O–H groups in total. The molecule has 130 valence electrons. The third-order valence-corrected chi connectivity index (χ3v) is 3.86. The van der Waals surface area contributed by atoms with Gasteiger partial charge in [-0.15, -0.1) is 0 Å². The first kappa shape index (κ1) is 17.7. The van der Waals surface area contributed by atoms with Gasteiger partial charge in [-0.1, -0.05) is 35.9 Å². The number of methoxy groups -OCH3 is 1. The molecule has 0 aliphatic heterocycles. The van der Waals surface area contributed by atoms with Gasteiger partial charge in [-0.2, -0.15) is 0 Å². The Kier molecular flexibility index (Phi) is 5.66. The first-order valence-corrected chi connectivity index (χ1v) is 8.27. The van der Waals surface area contributed by atoms with E-state index >= 15 is 0 Å². The molecule has 0 atom stereocenters. The van der Waals surface area contributed by atoms with Crippen molar-refractivity contribution in [3.05, 3.63) is 88.7 Å². The van der Waals surface area contributed by atoms with E-state index in [0.29, 0.717) is 22.1 Å². The van der Waals surface area contributed by atoms with Crippen molar-refractivity contribution < 1.29 is 14.3 Å². The van der Waals surface area contributed by atoms with E-state index in [1.54, 1.807) is 48.8 Å². The van der Waals surface area contributed by atoms with Crippen LogP contribution in [0.4, 0.5) is 0 Å². The summed E-state index contributed by atoms with van der Waals surface area (Å²) in [7, 11) is 1.53. The molecule has 0 radical (unpaired) electrons. The largest absolute Gasteiger partial charge is 0.493 e. The predicted molar refractivity (Wildman–Crippen MR) is 103 cm³/mol. The minimum atomic E-state index is -0.495. The molecule has 3 aromatic rings. The third-order valence-electron chi connectivity index (χ3n) is 3.62. The molecule has 1 aromatic heterocycles. The Morgan fingerprint density at radius 2 is 1.73 bits per heavy atom. The van der Waals surface area contributed by atoms with Crippen molar-refractivity contribution in [3.63, 3.8) is 0 Å². The van der Waals surface area contributed by atoms with E-state index in [1.807, 2.05) is 30.4 Å². The van der Waals surface area contributed by atoms with Crippen molar-refractivity contribution >= 4 is 29.7 Å². The summed E-state index contributed by atoms with van der Waals surface area (Å²) in [5.41, 5.74) is 2.33. The van der Waals surface area contributed by atoms with Gasteiger partial charge >= 0.3 is 5.97 Å². The lowest BCUT2D eigenvalue weighted by molar-refractivity contribution is 0.0729. The molecule has 0 aliphatic carbocycles. The molecule has 0 bridgehead atoms. The van der Waals surface area contributed by atoms with Crippen molar-refractivity contribution in [2.75, 3.05) is 7.11 Å². The molecule has 0 fully saturated rings. The molecule has 3 rings (SSSR count). The number of carbonyl (C=O) groups excluding carboxylic acids is 1. The summed E-state index contributed by atoms with van der Waals surface area (Å²) in [5.74, 6) is 0.321. The Labute approximate surface area is 156 Å². The topological polar surface area (TPSA) is 48.4 Å². The van der Waals surface area contributed by atoms with Crippen molar-refractivity contribution in [2.24, 2.45) is 0 Å². The average molecular weight is 366 g/mol. The zero-order valence-electron chi connectivity index (χ0n) is 14.1. The number of hydrogen-bond acceptors (Lipinski definition) is 4. The Bertz CT molecular complexity index is 939. The lowest BCUT2D eigenvalue weighted by atomic mass is 10.1. The highest BCUT2D eigenvalue weighted by molar-refractivity contribution is 6.30. The molecule has 0 saturated heterocycles. The summed E-state index contributed by atoms with van der Waals surface area (Å²) < 4.78 is 10.8. The minimum absolute atomic E-state index is 0.346. The Morgan fingerprint density at radius 1 is 0.962 bits per heavy atom. The molecule has 26 heavy (non-hydrogen) atoms. The predicted octanol–water partition coefficient (Wildman–Crippen LogP) is 5.13. The number of aromatic nitrogens is 1. The Morgan fingerprint density at radius 3 is 2.46 bits per heavy atom. The zero-order valence-corrected chi connectivity index (χ0v) is 14.8. The highest BCUT2D eigenvalue weighted by atomic mass is 35.5. The second-order valence-electron chi connectivity index (χ2n) is 5.42. The van der Waals surface area contributed by atoms with Crippen LogP contribution in [0.25, 0.3) is 12.2 Å².